The third kappa shape index (κ3) is 7.15. The van der Waals surface area contributed by atoms with E-state index in [-0.39, 0.29) is 29.7 Å². The quantitative estimate of drug-likeness (QED) is 0.406. The molecule has 8 nitrogen and oxygen atoms in total. The first kappa shape index (κ1) is 24.5. The molecule has 0 fully saturated rings. The Kier molecular flexibility index (Phi) is 9.14. The van der Waals surface area contributed by atoms with Gasteiger partial charge in [0.2, 0.25) is 11.7 Å². The second kappa shape index (κ2) is 11.6. The fourth-order valence-corrected chi connectivity index (χ4v) is 3.49. The summed E-state index contributed by atoms with van der Waals surface area (Å²) in [6, 6.07) is 6.65. The third-order valence-corrected chi connectivity index (χ3v) is 5.30. The highest BCUT2D eigenvalue weighted by molar-refractivity contribution is 8.00. The fraction of sp³-hybridized carbons (Fsp3) is 0.333. The van der Waals surface area contributed by atoms with E-state index in [9.17, 15) is 19.2 Å². The van der Waals surface area contributed by atoms with E-state index in [0.717, 1.165) is 11.8 Å². The van der Waals surface area contributed by atoms with Crippen LogP contribution in [-0.2, 0) is 19.1 Å². The zero-order valence-corrected chi connectivity index (χ0v) is 18.9. The van der Waals surface area contributed by atoms with Crippen molar-refractivity contribution in [2.75, 3.05) is 30.0 Å². The van der Waals surface area contributed by atoms with Gasteiger partial charge in [0.25, 0.3) is 0 Å². The fourth-order valence-electron chi connectivity index (χ4n) is 2.76. The molecule has 0 saturated heterocycles. The standard InChI is InChI=1S/C21H23ClN2O6S/c1-4-29-21(28)19-12(2)20(23-13(19)3)16(25)9-30-18(27)11-31-10-17(26)24-15-7-5-14(22)6-8-15/h5-8,23H,4,9-11H2,1-3H3,(H,24,26). The van der Waals surface area contributed by atoms with Crippen LogP contribution in [-0.4, -0.2) is 53.3 Å². The zero-order valence-electron chi connectivity index (χ0n) is 17.4. The maximum atomic E-state index is 12.4. The lowest BCUT2D eigenvalue weighted by Crippen LogP contribution is -2.19. The van der Waals surface area contributed by atoms with Crippen molar-refractivity contribution in [2.24, 2.45) is 0 Å². The minimum absolute atomic E-state index is 0.0451. The van der Waals surface area contributed by atoms with Gasteiger partial charge in [0.1, 0.15) is 0 Å². The SMILES string of the molecule is CCOC(=O)c1c(C)[nH]c(C(=O)COC(=O)CSCC(=O)Nc2ccc(Cl)cc2)c1C. The number of anilines is 1. The van der Waals surface area contributed by atoms with E-state index in [2.05, 4.69) is 10.3 Å². The van der Waals surface area contributed by atoms with Crippen LogP contribution in [0.3, 0.4) is 0 Å². The maximum Gasteiger partial charge on any atom is 0.340 e. The molecule has 10 heteroatoms. The van der Waals surface area contributed by atoms with Crippen molar-refractivity contribution >= 4 is 52.7 Å². The summed E-state index contributed by atoms with van der Waals surface area (Å²) in [7, 11) is 0. The van der Waals surface area contributed by atoms with E-state index < -0.39 is 24.3 Å². The van der Waals surface area contributed by atoms with E-state index in [1.165, 1.54) is 0 Å². The van der Waals surface area contributed by atoms with Crippen molar-refractivity contribution in [1.29, 1.82) is 0 Å². The number of Topliss-reactive ketones (excluding diaryl/α,β-unsaturated/α-hetero) is 1. The second-order valence-electron chi connectivity index (χ2n) is 6.48. The first-order valence-electron chi connectivity index (χ1n) is 9.41. The second-order valence-corrected chi connectivity index (χ2v) is 7.90. The molecule has 1 aromatic heterocycles. The number of carbonyl (C=O) groups excluding carboxylic acids is 4. The number of esters is 2. The van der Waals surface area contributed by atoms with Gasteiger partial charge in [-0.05, 0) is 50.6 Å². The average Bonchev–Trinajstić information content (AvgIpc) is 3.02. The van der Waals surface area contributed by atoms with Crippen molar-refractivity contribution in [2.45, 2.75) is 20.8 Å². The molecule has 2 rings (SSSR count). The van der Waals surface area contributed by atoms with Crippen molar-refractivity contribution in [1.82, 2.24) is 4.98 Å². The summed E-state index contributed by atoms with van der Waals surface area (Å²) in [5.74, 6) is -1.92. The molecule has 0 unspecified atom stereocenters. The predicted molar refractivity (Wildman–Crippen MR) is 119 cm³/mol. The van der Waals surface area contributed by atoms with Crippen LogP contribution in [0.2, 0.25) is 5.02 Å². The largest absolute Gasteiger partial charge is 0.462 e. The van der Waals surface area contributed by atoms with Crippen LogP contribution in [0.4, 0.5) is 5.69 Å². The van der Waals surface area contributed by atoms with Crippen molar-refractivity contribution in [3.8, 4) is 0 Å². The van der Waals surface area contributed by atoms with Gasteiger partial charge in [0, 0.05) is 16.4 Å². The van der Waals surface area contributed by atoms with Crippen molar-refractivity contribution in [3.63, 3.8) is 0 Å². The molecule has 0 saturated carbocycles. The summed E-state index contributed by atoms with van der Waals surface area (Å²) in [4.78, 5) is 51.0. The Bertz CT molecular complexity index is 971. The number of aryl methyl sites for hydroxylation is 1. The van der Waals surface area contributed by atoms with Gasteiger partial charge in [-0.2, -0.15) is 0 Å². The van der Waals surface area contributed by atoms with Gasteiger partial charge < -0.3 is 19.8 Å². The van der Waals surface area contributed by atoms with Gasteiger partial charge >= 0.3 is 11.9 Å². The first-order valence-corrected chi connectivity index (χ1v) is 10.9. The number of ether oxygens (including phenoxy) is 2. The number of rotatable bonds is 10. The summed E-state index contributed by atoms with van der Waals surface area (Å²) in [5.41, 5.74) is 2.06. The summed E-state index contributed by atoms with van der Waals surface area (Å²) in [6.45, 7) is 4.73. The topological polar surface area (TPSA) is 115 Å². The predicted octanol–water partition coefficient (Wildman–Crippen LogP) is 3.56. The number of hydrogen-bond acceptors (Lipinski definition) is 7. The molecule has 166 valence electrons. The highest BCUT2D eigenvalue weighted by Crippen LogP contribution is 2.20. The lowest BCUT2D eigenvalue weighted by Gasteiger charge is -2.06. The lowest BCUT2D eigenvalue weighted by molar-refractivity contribution is -0.139. The van der Waals surface area contributed by atoms with Crippen LogP contribution in [0.1, 0.15) is 39.0 Å². The summed E-state index contributed by atoms with van der Waals surface area (Å²) in [5, 5.41) is 3.24. The summed E-state index contributed by atoms with van der Waals surface area (Å²) < 4.78 is 9.98. The number of aromatic amines is 1. The molecular weight excluding hydrogens is 444 g/mol. The van der Waals surface area contributed by atoms with E-state index >= 15 is 0 Å². The van der Waals surface area contributed by atoms with Gasteiger partial charge in [0.05, 0.1) is 29.4 Å². The van der Waals surface area contributed by atoms with E-state index in [1.807, 2.05) is 0 Å². The molecule has 0 aliphatic rings. The van der Waals surface area contributed by atoms with E-state index in [4.69, 9.17) is 21.1 Å². The molecule has 1 heterocycles. The Balaban J connectivity index is 1.77. The van der Waals surface area contributed by atoms with Crippen LogP contribution in [0.15, 0.2) is 24.3 Å². The van der Waals surface area contributed by atoms with Gasteiger partial charge in [0.15, 0.2) is 6.61 Å². The number of nitrogens with one attached hydrogen (secondary N) is 2. The lowest BCUT2D eigenvalue weighted by atomic mass is 10.1. The van der Waals surface area contributed by atoms with E-state index in [0.29, 0.717) is 27.5 Å². The smallest absolute Gasteiger partial charge is 0.340 e. The van der Waals surface area contributed by atoms with Gasteiger partial charge in [-0.3, -0.25) is 14.4 Å². The van der Waals surface area contributed by atoms with Crippen LogP contribution >= 0.6 is 23.4 Å². The molecule has 0 spiro atoms. The molecule has 2 N–H and O–H groups in total. The molecule has 1 aromatic carbocycles. The molecule has 0 radical (unpaired) electrons. The molecule has 0 bridgehead atoms. The molecule has 0 atom stereocenters. The molecule has 31 heavy (non-hydrogen) atoms. The number of amides is 1. The number of halogens is 1. The Morgan fingerprint density at radius 3 is 2.39 bits per heavy atom. The number of benzene rings is 1. The molecule has 0 aliphatic carbocycles. The Morgan fingerprint density at radius 2 is 1.74 bits per heavy atom. The first-order chi connectivity index (χ1) is 14.7. The third-order valence-electron chi connectivity index (χ3n) is 4.14. The number of thioether (sulfide) groups is 1. The molecular formula is C21H23ClN2O6S. The van der Waals surface area contributed by atoms with Crippen LogP contribution < -0.4 is 5.32 Å². The van der Waals surface area contributed by atoms with Crippen LogP contribution in [0.25, 0.3) is 0 Å². The van der Waals surface area contributed by atoms with Crippen LogP contribution in [0, 0.1) is 13.8 Å². The molecule has 2 aromatic rings. The number of hydrogen-bond donors (Lipinski definition) is 2. The number of ketones is 1. The minimum atomic E-state index is -0.621. The minimum Gasteiger partial charge on any atom is -0.462 e. The van der Waals surface area contributed by atoms with Crippen molar-refractivity contribution < 1.29 is 28.7 Å². The summed E-state index contributed by atoms with van der Waals surface area (Å²) >= 11 is 6.85. The number of aromatic nitrogens is 1. The highest BCUT2D eigenvalue weighted by Gasteiger charge is 2.23. The summed E-state index contributed by atoms with van der Waals surface area (Å²) in [6.07, 6.45) is 0. The van der Waals surface area contributed by atoms with Gasteiger partial charge in [-0.1, -0.05) is 11.6 Å². The maximum absolute atomic E-state index is 12.4. The van der Waals surface area contributed by atoms with Crippen molar-refractivity contribution in [3.05, 3.63) is 51.8 Å². The number of H-pyrrole nitrogens is 1. The average molecular weight is 467 g/mol. The molecule has 0 aliphatic heterocycles. The monoisotopic (exact) mass is 466 g/mol. The Hall–Kier alpha value is -2.78. The highest BCUT2D eigenvalue weighted by atomic mass is 35.5. The zero-order chi connectivity index (χ0) is 23.0. The Morgan fingerprint density at radius 1 is 1.06 bits per heavy atom. The van der Waals surface area contributed by atoms with Crippen LogP contribution in [0.5, 0.6) is 0 Å². The van der Waals surface area contributed by atoms with Gasteiger partial charge in [-0.25, -0.2) is 4.79 Å². The van der Waals surface area contributed by atoms with Gasteiger partial charge in [-0.15, -0.1) is 11.8 Å². The van der Waals surface area contributed by atoms with E-state index in [1.54, 1.807) is 45.0 Å². The molecule has 1 amide bonds. The normalized spacial score (nSPS) is 10.5. The Labute approximate surface area is 189 Å². The number of carbonyl (C=O) groups is 4.